The van der Waals surface area contributed by atoms with Crippen LogP contribution in [0.5, 0.6) is 0 Å². The van der Waals surface area contributed by atoms with Crippen molar-refractivity contribution in [2.24, 2.45) is 22.1 Å². The summed E-state index contributed by atoms with van der Waals surface area (Å²) in [5.41, 5.74) is 1.40. The standard InChI is InChI=1S/C13H13N3/c1-2-4-7(5-3-1)16-12-8-6-9(13(12)16)11-10(8)14-15-11/h1-5,8-13H,6H2/t8-,9+,10+,11-,12-,13+,16?. The lowest BCUT2D eigenvalue weighted by Gasteiger charge is -2.27. The Labute approximate surface area is 94.2 Å². The van der Waals surface area contributed by atoms with E-state index in [9.17, 15) is 0 Å². The number of hydrogen-bond donors (Lipinski definition) is 0. The van der Waals surface area contributed by atoms with E-state index in [1.807, 2.05) is 0 Å². The van der Waals surface area contributed by atoms with Gasteiger partial charge in [-0.1, -0.05) is 18.2 Å². The fourth-order valence-electron chi connectivity index (χ4n) is 4.31. The number of piperidine rings is 1. The molecule has 2 heterocycles. The van der Waals surface area contributed by atoms with Crippen LogP contribution in [0.3, 0.4) is 0 Å². The first-order valence-electron chi connectivity index (χ1n) is 6.18. The number of rotatable bonds is 1. The average molecular weight is 211 g/mol. The highest BCUT2D eigenvalue weighted by molar-refractivity contribution is 5.60. The van der Waals surface area contributed by atoms with Crippen LogP contribution in [0, 0.1) is 11.8 Å². The first-order chi connectivity index (χ1) is 7.95. The van der Waals surface area contributed by atoms with Gasteiger partial charge in [0.2, 0.25) is 0 Å². The van der Waals surface area contributed by atoms with Crippen molar-refractivity contribution in [1.29, 1.82) is 0 Å². The Hall–Kier alpha value is -1.38. The first-order valence-corrected chi connectivity index (χ1v) is 6.18. The zero-order chi connectivity index (χ0) is 10.3. The predicted octanol–water partition coefficient (Wildman–Crippen LogP) is 2.10. The molecule has 80 valence electrons. The zero-order valence-electron chi connectivity index (χ0n) is 8.90. The van der Waals surface area contributed by atoms with E-state index >= 15 is 0 Å². The third-order valence-corrected chi connectivity index (χ3v) is 4.94. The molecule has 6 atom stereocenters. The van der Waals surface area contributed by atoms with Gasteiger partial charge >= 0.3 is 0 Å². The maximum Gasteiger partial charge on any atom is 0.100 e. The maximum atomic E-state index is 4.32. The van der Waals surface area contributed by atoms with Gasteiger partial charge in [0.1, 0.15) is 12.1 Å². The summed E-state index contributed by atoms with van der Waals surface area (Å²) in [4.78, 5) is 2.60. The lowest BCUT2D eigenvalue weighted by Crippen LogP contribution is -2.39. The average Bonchev–Trinajstić information content (AvgIpc) is 2.85. The molecule has 1 aromatic carbocycles. The highest BCUT2D eigenvalue weighted by Gasteiger charge is 2.72. The molecular weight excluding hydrogens is 198 g/mol. The van der Waals surface area contributed by atoms with Crippen molar-refractivity contribution in [1.82, 2.24) is 0 Å². The number of fused-ring (bicyclic) bond motifs is 8. The SMILES string of the molecule is c1ccc(N2[C@@H]3[C@@H]4C[C@@H]([C@H]5N=N[C@@H]45)[C@@H]32)cc1. The lowest BCUT2D eigenvalue weighted by molar-refractivity contribution is 0.315. The van der Waals surface area contributed by atoms with Gasteiger partial charge in [-0.15, -0.1) is 0 Å². The minimum Gasteiger partial charge on any atom is -0.361 e. The van der Waals surface area contributed by atoms with E-state index in [4.69, 9.17) is 0 Å². The van der Waals surface area contributed by atoms with E-state index in [1.165, 1.54) is 12.1 Å². The van der Waals surface area contributed by atoms with Gasteiger partial charge in [0.25, 0.3) is 0 Å². The first kappa shape index (κ1) is 7.82. The highest BCUT2D eigenvalue weighted by atomic mass is 15.4. The summed E-state index contributed by atoms with van der Waals surface area (Å²) in [6.45, 7) is 0. The zero-order valence-corrected chi connectivity index (χ0v) is 8.90. The molecule has 3 heteroatoms. The Morgan fingerprint density at radius 1 is 0.938 bits per heavy atom. The molecule has 1 aromatic rings. The number of nitrogens with zero attached hydrogens (tertiary/aromatic N) is 3. The van der Waals surface area contributed by atoms with Crippen LogP contribution in [0.2, 0.25) is 0 Å². The van der Waals surface area contributed by atoms with Crippen molar-refractivity contribution in [3.05, 3.63) is 30.3 Å². The van der Waals surface area contributed by atoms with Gasteiger partial charge in [-0.3, -0.25) is 0 Å². The molecule has 0 spiro atoms. The van der Waals surface area contributed by atoms with Crippen LogP contribution in [0.15, 0.2) is 40.6 Å². The Morgan fingerprint density at radius 2 is 1.56 bits per heavy atom. The molecule has 3 nitrogen and oxygen atoms in total. The van der Waals surface area contributed by atoms with Crippen molar-refractivity contribution in [3.8, 4) is 0 Å². The molecule has 0 radical (unpaired) electrons. The second-order valence-electron chi connectivity index (χ2n) is 5.50. The van der Waals surface area contributed by atoms with Crippen molar-refractivity contribution in [2.45, 2.75) is 30.6 Å². The largest absolute Gasteiger partial charge is 0.361 e. The number of para-hydroxylation sites is 1. The van der Waals surface area contributed by atoms with Crippen molar-refractivity contribution in [2.75, 3.05) is 4.90 Å². The number of benzene rings is 1. The van der Waals surface area contributed by atoms with Crippen molar-refractivity contribution < 1.29 is 0 Å². The second kappa shape index (κ2) is 2.31. The molecule has 0 unspecified atom stereocenters. The van der Waals surface area contributed by atoms with Crippen LogP contribution >= 0.6 is 0 Å². The molecule has 5 rings (SSSR count). The second-order valence-corrected chi connectivity index (χ2v) is 5.50. The molecule has 2 aliphatic carbocycles. The van der Waals surface area contributed by atoms with E-state index in [2.05, 4.69) is 45.5 Å². The minimum atomic E-state index is 0.583. The Bertz CT molecular complexity index is 459. The molecule has 0 amide bonds. The Morgan fingerprint density at radius 3 is 2.12 bits per heavy atom. The van der Waals surface area contributed by atoms with E-state index in [0.29, 0.717) is 12.1 Å². The van der Waals surface area contributed by atoms with Crippen LogP contribution < -0.4 is 4.90 Å². The van der Waals surface area contributed by atoms with Gasteiger partial charge in [0.05, 0.1) is 12.1 Å². The molecule has 3 fully saturated rings. The third kappa shape index (κ3) is 0.692. The monoisotopic (exact) mass is 211 g/mol. The summed E-state index contributed by atoms with van der Waals surface area (Å²) < 4.78 is 0. The molecule has 2 bridgehead atoms. The topological polar surface area (TPSA) is 27.7 Å². The summed E-state index contributed by atoms with van der Waals surface area (Å²) in [5, 5.41) is 8.63. The highest BCUT2D eigenvalue weighted by Crippen LogP contribution is 2.63. The number of anilines is 1. The maximum absolute atomic E-state index is 4.32. The summed E-state index contributed by atoms with van der Waals surface area (Å²) in [6, 6.07) is 13.6. The molecule has 4 aliphatic rings. The summed E-state index contributed by atoms with van der Waals surface area (Å²) >= 11 is 0. The molecule has 0 aromatic heterocycles. The number of hydrogen-bond acceptors (Lipinski definition) is 3. The fraction of sp³-hybridized carbons (Fsp3) is 0.538. The van der Waals surface area contributed by atoms with Gasteiger partial charge < -0.3 is 4.90 Å². The van der Waals surface area contributed by atoms with Crippen molar-refractivity contribution >= 4 is 5.69 Å². The van der Waals surface area contributed by atoms with Gasteiger partial charge in [-0.2, -0.15) is 10.2 Å². The third-order valence-electron chi connectivity index (χ3n) is 4.94. The minimum absolute atomic E-state index is 0.583. The number of azo groups is 1. The van der Waals surface area contributed by atoms with Crippen molar-refractivity contribution in [3.63, 3.8) is 0 Å². The fourth-order valence-corrected chi connectivity index (χ4v) is 4.31. The molecule has 0 N–H and O–H groups in total. The summed E-state index contributed by atoms with van der Waals surface area (Å²) in [7, 11) is 0. The normalized spacial score (nSPS) is 49.9. The molecule has 1 saturated heterocycles. The van der Waals surface area contributed by atoms with Gasteiger partial charge in [-0.25, -0.2) is 0 Å². The molecule has 2 saturated carbocycles. The van der Waals surface area contributed by atoms with Crippen LogP contribution in [0.1, 0.15) is 6.42 Å². The van der Waals surface area contributed by atoms with Crippen LogP contribution in [0.25, 0.3) is 0 Å². The smallest absolute Gasteiger partial charge is 0.100 e. The molecule has 2 aliphatic heterocycles. The molecular formula is C13H13N3. The van der Waals surface area contributed by atoms with Gasteiger partial charge in [0.15, 0.2) is 0 Å². The van der Waals surface area contributed by atoms with E-state index in [1.54, 1.807) is 0 Å². The van der Waals surface area contributed by atoms with E-state index < -0.39 is 0 Å². The summed E-state index contributed by atoms with van der Waals surface area (Å²) in [5.74, 6) is 1.61. The Kier molecular flexibility index (Phi) is 1.13. The molecule has 16 heavy (non-hydrogen) atoms. The quantitative estimate of drug-likeness (QED) is 0.654. The predicted molar refractivity (Wildman–Crippen MR) is 60.5 cm³/mol. The Balaban J connectivity index is 1.52. The lowest BCUT2D eigenvalue weighted by atomic mass is 9.90. The van der Waals surface area contributed by atoms with Crippen LogP contribution in [-0.2, 0) is 0 Å². The van der Waals surface area contributed by atoms with E-state index in [-0.39, 0.29) is 0 Å². The van der Waals surface area contributed by atoms with Gasteiger partial charge in [-0.05, 0) is 18.6 Å². The van der Waals surface area contributed by atoms with E-state index in [0.717, 1.165) is 23.9 Å². The van der Waals surface area contributed by atoms with Crippen LogP contribution in [0.4, 0.5) is 5.69 Å². The summed E-state index contributed by atoms with van der Waals surface area (Å²) in [6.07, 6.45) is 1.38. The van der Waals surface area contributed by atoms with Crippen LogP contribution in [-0.4, -0.2) is 24.2 Å². The van der Waals surface area contributed by atoms with Gasteiger partial charge in [0, 0.05) is 17.5 Å².